The number of hydrogen-bond acceptors (Lipinski definition) is 6. The second-order valence-electron chi connectivity index (χ2n) is 6.68. The summed E-state index contributed by atoms with van der Waals surface area (Å²) >= 11 is 7.66. The lowest BCUT2D eigenvalue weighted by Crippen LogP contribution is -2.14. The first-order valence-corrected chi connectivity index (χ1v) is 10.4. The number of ether oxygens (including phenoxy) is 1. The lowest BCUT2D eigenvalue weighted by Gasteiger charge is -2.13. The van der Waals surface area contributed by atoms with Gasteiger partial charge in [-0.25, -0.2) is 4.98 Å². The molecule has 0 saturated heterocycles. The predicted molar refractivity (Wildman–Crippen MR) is 122 cm³/mol. The predicted octanol–water partition coefficient (Wildman–Crippen LogP) is 6.03. The molecule has 8 heteroatoms. The van der Waals surface area contributed by atoms with Gasteiger partial charge in [0.25, 0.3) is 5.91 Å². The van der Waals surface area contributed by atoms with Crippen LogP contribution in [0.15, 0.2) is 29.4 Å². The fourth-order valence-corrected chi connectivity index (χ4v) is 3.99. The summed E-state index contributed by atoms with van der Waals surface area (Å²) in [5.41, 5.74) is 8.04. The highest BCUT2D eigenvalue weighted by atomic mass is 35.5. The number of carbonyl (C=O) groups excluding carboxylic acids is 1. The van der Waals surface area contributed by atoms with Crippen molar-refractivity contribution < 1.29 is 9.53 Å². The molecule has 1 amide bonds. The fraction of sp³-hybridized carbons (Fsp3) is 0.286. The lowest BCUT2D eigenvalue weighted by molar-refractivity contribution is 0.102. The molecule has 3 aromatic rings. The molecule has 0 spiro atoms. The van der Waals surface area contributed by atoms with E-state index in [1.807, 2.05) is 26.8 Å². The molecule has 3 rings (SSSR count). The normalized spacial score (nSPS) is 11.6. The minimum absolute atomic E-state index is 0.230. The highest BCUT2D eigenvalue weighted by molar-refractivity contribution is 7.22. The van der Waals surface area contributed by atoms with E-state index in [4.69, 9.17) is 16.3 Å². The van der Waals surface area contributed by atoms with Crippen molar-refractivity contribution in [2.24, 2.45) is 5.10 Å². The molecule has 0 fully saturated rings. The summed E-state index contributed by atoms with van der Waals surface area (Å²) in [4.78, 5) is 17.4. The Kier molecular flexibility index (Phi) is 6.39. The van der Waals surface area contributed by atoms with Crippen LogP contribution in [0.2, 0.25) is 5.02 Å². The Balaban J connectivity index is 1.91. The lowest BCUT2D eigenvalue weighted by atomic mass is 10.1. The Morgan fingerprint density at radius 2 is 2.07 bits per heavy atom. The molecule has 0 atom stereocenters. The van der Waals surface area contributed by atoms with Gasteiger partial charge in [-0.1, -0.05) is 29.9 Å². The van der Waals surface area contributed by atoms with Crippen LogP contribution < -0.4 is 15.5 Å². The maximum atomic E-state index is 12.8. The van der Waals surface area contributed by atoms with E-state index >= 15 is 0 Å². The monoisotopic (exact) mass is 430 g/mol. The van der Waals surface area contributed by atoms with Crippen LogP contribution in [0.1, 0.15) is 41.8 Å². The minimum Gasteiger partial charge on any atom is -0.495 e. The average molecular weight is 431 g/mol. The zero-order valence-electron chi connectivity index (χ0n) is 17.0. The molecule has 0 bridgehead atoms. The van der Waals surface area contributed by atoms with Crippen LogP contribution in [0.5, 0.6) is 5.75 Å². The van der Waals surface area contributed by atoms with Gasteiger partial charge >= 0.3 is 0 Å². The first-order chi connectivity index (χ1) is 13.8. The van der Waals surface area contributed by atoms with Gasteiger partial charge in [-0.05, 0) is 62.6 Å². The van der Waals surface area contributed by atoms with Crippen molar-refractivity contribution in [3.63, 3.8) is 0 Å². The van der Waals surface area contributed by atoms with Crippen LogP contribution in [0, 0.1) is 13.8 Å². The molecule has 0 radical (unpaired) electrons. The zero-order chi connectivity index (χ0) is 21.1. The van der Waals surface area contributed by atoms with E-state index in [9.17, 15) is 4.79 Å². The van der Waals surface area contributed by atoms with Crippen molar-refractivity contribution >= 4 is 55.6 Å². The SMILES string of the molecule is CC/C(C)=N\Nc1nc2cc(C)c(NC(=O)c3ccc(OC)c(Cl)c3)c(C)c2s1. The standard InChI is InChI=1S/C21H23ClN4O2S/c1-6-12(3)25-26-21-23-16-9-11(2)18(13(4)19(16)29-21)24-20(27)14-7-8-17(28-5)15(22)10-14/h7-10H,6H2,1-5H3,(H,23,26)(H,24,27)/b25-12-. The molecule has 0 aliphatic carbocycles. The highest BCUT2D eigenvalue weighted by Gasteiger charge is 2.16. The van der Waals surface area contributed by atoms with Crippen LogP contribution in [-0.2, 0) is 0 Å². The van der Waals surface area contributed by atoms with Gasteiger partial charge in [0.05, 0.1) is 22.3 Å². The number of rotatable bonds is 6. The largest absolute Gasteiger partial charge is 0.495 e. The van der Waals surface area contributed by atoms with Crippen molar-refractivity contribution in [3.8, 4) is 5.75 Å². The minimum atomic E-state index is -0.230. The summed E-state index contributed by atoms with van der Waals surface area (Å²) in [6.07, 6.45) is 0.877. The molecule has 0 unspecified atom stereocenters. The third kappa shape index (κ3) is 4.52. The molecule has 0 aliphatic rings. The van der Waals surface area contributed by atoms with Crippen LogP contribution in [0.3, 0.4) is 0 Å². The van der Waals surface area contributed by atoms with Gasteiger partial charge < -0.3 is 10.1 Å². The summed E-state index contributed by atoms with van der Waals surface area (Å²) in [6.45, 7) is 7.95. The second-order valence-corrected chi connectivity index (χ2v) is 8.08. The molecule has 6 nitrogen and oxygen atoms in total. The molecular formula is C21H23ClN4O2S. The van der Waals surface area contributed by atoms with Gasteiger partial charge in [0, 0.05) is 17.0 Å². The molecule has 152 valence electrons. The van der Waals surface area contributed by atoms with E-state index in [1.165, 1.54) is 18.4 Å². The van der Waals surface area contributed by atoms with E-state index in [0.29, 0.717) is 16.3 Å². The zero-order valence-corrected chi connectivity index (χ0v) is 18.6. The molecule has 2 N–H and O–H groups in total. The maximum Gasteiger partial charge on any atom is 0.255 e. The van der Waals surface area contributed by atoms with E-state index < -0.39 is 0 Å². The third-order valence-corrected chi connectivity index (χ3v) is 6.01. The highest BCUT2D eigenvalue weighted by Crippen LogP contribution is 2.35. The van der Waals surface area contributed by atoms with Gasteiger partial charge in [-0.15, -0.1) is 0 Å². The number of nitrogens with one attached hydrogen (secondary N) is 2. The number of aryl methyl sites for hydroxylation is 2. The fourth-order valence-electron chi connectivity index (χ4n) is 2.84. The second kappa shape index (κ2) is 8.80. The number of anilines is 2. The number of carbonyl (C=O) groups is 1. The van der Waals surface area contributed by atoms with Crippen LogP contribution in [0.25, 0.3) is 10.2 Å². The van der Waals surface area contributed by atoms with E-state index in [-0.39, 0.29) is 5.91 Å². The molecule has 2 aromatic carbocycles. The number of amides is 1. The number of aromatic nitrogens is 1. The number of fused-ring (bicyclic) bond motifs is 1. The Morgan fingerprint density at radius 1 is 1.31 bits per heavy atom. The summed E-state index contributed by atoms with van der Waals surface area (Å²) in [6, 6.07) is 6.94. The van der Waals surface area contributed by atoms with Gasteiger partial charge in [0.15, 0.2) is 0 Å². The average Bonchev–Trinajstić information content (AvgIpc) is 3.11. The van der Waals surface area contributed by atoms with Gasteiger partial charge in [0.1, 0.15) is 5.75 Å². The van der Waals surface area contributed by atoms with Crippen molar-refractivity contribution in [3.05, 3.63) is 46.0 Å². The summed E-state index contributed by atoms with van der Waals surface area (Å²) in [5.74, 6) is 0.300. The number of hydrazone groups is 1. The van der Waals surface area contributed by atoms with Crippen LogP contribution in [0.4, 0.5) is 10.8 Å². The summed E-state index contributed by atoms with van der Waals surface area (Å²) in [5, 5.41) is 8.44. The van der Waals surface area contributed by atoms with E-state index in [1.54, 1.807) is 18.2 Å². The topological polar surface area (TPSA) is 75.6 Å². The number of benzene rings is 2. The maximum absolute atomic E-state index is 12.8. The van der Waals surface area contributed by atoms with E-state index in [2.05, 4.69) is 27.8 Å². The smallest absolute Gasteiger partial charge is 0.255 e. The molecule has 29 heavy (non-hydrogen) atoms. The Hall–Kier alpha value is -2.64. The third-order valence-electron chi connectivity index (χ3n) is 4.62. The molecule has 1 heterocycles. The Bertz CT molecular complexity index is 1110. The summed E-state index contributed by atoms with van der Waals surface area (Å²) in [7, 11) is 1.54. The molecule has 1 aromatic heterocycles. The van der Waals surface area contributed by atoms with Crippen LogP contribution >= 0.6 is 22.9 Å². The van der Waals surface area contributed by atoms with Crippen molar-refractivity contribution in [1.29, 1.82) is 0 Å². The van der Waals surface area contributed by atoms with E-state index in [0.717, 1.165) is 44.3 Å². The van der Waals surface area contributed by atoms with Gasteiger partial charge in [-0.3, -0.25) is 10.2 Å². The number of hydrogen-bond donors (Lipinski definition) is 2. The number of methoxy groups -OCH3 is 1. The van der Waals surface area contributed by atoms with Gasteiger partial charge in [0.2, 0.25) is 5.13 Å². The first-order valence-electron chi connectivity index (χ1n) is 9.18. The van der Waals surface area contributed by atoms with Gasteiger partial charge in [-0.2, -0.15) is 5.10 Å². The number of halogens is 1. The summed E-state index contributed by atoms with van der Waals surface area (Å²) < 4.78 is 6.15. The Labute approximate surface area is 178 Å². The van der Waals surface area contributed by atoms with Crippen molar-refractivity contribution in [1.82, 2.24) is 4.98 Å². The Morgan fingerprint density at radius 3 is 2.72 bits per heavy atom. The number of thiazole rings is 1. The molecule has 0 saturated carbocycles. The quantitative estimate of drug-likeness (QED) is 0.370. The van der Waals surface area contributed by atoms with Crippen molar-refractivity contribution in [2.75, 3.05) is 17.9 Å². The van der Waals surface area contributed by atoms with Crippen LogP contribution in [-0.4, -0.2) is 23.7 Å². The van der Waals surface area contributed by atoms with Crippen molar-refractivity contribution in [2.45, 2.75) is 34.1 Å². The molecule has 0 aliphatic heterocycles. The first kappa shape index (κ1) is 21.1. The molecular weight excluding hydrogens is 408 g/mol. The number of nitrogens with zero attached hydrogens (tertiary/aromatic N) is 2.